The van der Waals surface area contributed by atoms with Crippen LogP contribution in [0.4, 0.5) is 54.1 Å². The van der Waals surface area contributed by atoms with Gasteiger partial charge in [-0.1, -0.05) is 47.6 Å². The van der Waals surface area contributed by atoms with Crippen LogP contribution in [0.2, 0.25) is 0 Å². The molecular formula is C28H18F6N4O2. The number of para-hydroxylation sites is 1. The van der Waals surface area contributed by atoms with E-state index in [1.807, 2.05) is 41.7 Å². The molecule has 0 saturated carbocycles. The number of carbonyl (C=O) groups is 1. The summed E-state index contributed by atoms with van der Waals surface area (Å²) in [6, 6.07) is 21.1. The van der Waals surface area contributed by atoms with Gasteiger partial charge in [-0.15, -0.1) is 0 Å². The van der Waals surface area contributed by atoms with Crippen molar-refractivity contribution in [3.8, 4) is 11.1 Å². The highest BCUT2D eigenvalue weighted by Gasteiger charge is 2.37. The first-order valence-electron chi connectivity index (χ1n) is 11.7. The van der Waals surface area contributed by atoms with Gasteiger partial charge in [0.1, 0.15) is 5.52 Å². The maximum atomic E-state index is 13.1. The van der Waals surface area contributed by atoms with Gasteiger partial charge in [-0.3, -0.25) is 0 Å². The van der Waals surface area contributed by atoms with Crippen LogP contribution in [0.15, 0.2) is 95.5 Å². The lowest BCUT2D eigenvalue weighted by Gasteiger charge is -2.15. The molecule has 3 N–H and O–H groups in total. The number of anilines is 4. The Morgan fingerprint density at radius 3 is 1.93 bits per heavy atom. The maximum Gasteiger partial charge on any atom is 0.416 e. The number of amides is 2. The number of rotatable bonds is 5. The van der Waals surface area contributed by atoms with E-state index in [9.17, 15) is 31.1 Å². The summed E-state index contributed by atoms with van der Waals surface area (Å²) in [5.74, 6) is 0.428. The number of hydrogen-bond donors (Lipinski definition) is 3. The van der Waals surface area contributed by atoms with E-state index in [4.69, 9.17) is 4.52 Å². The van der Waals surface area contributed by atoms with Crippen molar-refractivity contribution >= 4 is 39.9 Å². The Hall–Kier alpha value is -5.00. The molecule has 6 nitrogen and oxygen atoms in total. The molecule has 12 heteroatoms. The summed E-state index contributed by atoms with van der Waals surface area (Å²) in [6.45, 7) is 0. The molecule has 0 saturated heterocycles. The van der Waals surface area contributed by atoms with Gasteiger partial charge in [0.25, 0.3) is 0 Å². The molecule has 5 aromatic rings. The summed E-state index contributed by atoms with van der Waals surface area (Å²) in [6.07, 6.45) is -10.1. The Kier molecular flexibility index (Phi) is 6.84. The number of hydrogen-bond acceptors (Lipinski definition) is 4. The molecule has 0 radical (unpaired) electrons. The van der Waals surface area contributed by atoms with E-state index in [1.165, 1.54) is 0 Å². The number of alkyl halides is 6. The van der Waals surface area contributed by atoms with Crippen LogP contribution in [0.3, 0.4) is 0 Å². The van der Waals surface area contributed by atoms with Crippen LogP contribution in [-0.2, 0) is 12.4 Å². The van der Waals surface area contributed by atoms with Crippen LogP contribution in [-0.4, -0.2) is 11.2 Å². The van der Waals surface area contributed by atoms with E-state index in [0.29, 0.717) is 23.5 Å². The quantitative estimate of drug-likeness (QED) is 0.189. The van der Waals surface area contributed by atoms with Crippen LogP contribution in [0.5, 0.6) is 0 Å². The summed E-state index contributed by atoms with van der Waals surface area (Å²) in [7, 11) is 0. The van der Waals surface area contributed by atoms with Gasteiger partial charge in [0, 0.05) is 17.1 Å². The summed E-state index contributed by atoms with van der Waals surface area (Å²) in [4.78, 5) is 12.4. The first-order valence-corrected chi connectivity index (χ1v) is 11.7. The number of fused-ring (bicyclic) bond motifs is 1. The molecule has 0 spiro atoms. The standard InChI is InChI=1S/C28H18F6N4O2/c29-27(30,31)17-13-18(28(32,33)34)15-21(14-17)37-26(39)36-20-11-9-16(10-12-20)22-7-4-8-23-24(22)25(40-38-23)35-19-5-2-1-3-6-19/h1-15,35H,(H2,36,37,39). The Bertz CT molecular complexity index is 1630. The highest BCUT2D eigenvalue weighted by Crippen LogP contribution is 2.38. The minimum Gasteiger partial charge on any atom is -0.337 e. The average Bonchev–Trinajstić information content (AvgIpc) is 3.31. The van der Waals surface area contributed by atoms with Crippen LogP contribution in [0.1, 0.15) is 11.1 Å². The number of aromatic nitrogens is 1. The van der Waals surface area contributed by atoms with Gasteiger partial charge in [0.05, 0.1) is 16.5 Å². The molecule has 0 aliphatic rings. The zero-order chi connectivity index (χ0) is 28.5. The number of nitrogens with zero attached hydrogens (tertiary/aromatic N) is 1. The fourth-order valence-electron chi connectivity index (χ4n) is 4.03. The van der Waals surface area contributed by atoms with E-state index in [0.717, 1.165) is 22.2 Å². The number of carbonyl (C=O) groups excluding carboxylic acids is 1. The van der Waals surface area contributed by atoms with E-state index < -0.39 is 35.2 Å². The molecule has 0 unspecified atom stereocenters. The molecule has 204 valence electrons. The number of halogens is 6. The molecular weight excluding hydrogens is 538 g/mol. The molecule has 0 fully saturated rings. The van der Waals surface area contributed by atoms with E-state index in [2.05, 4.69) is 15.8 Å². The second kappa shape index (κ2) is 10.3. The summed E-state index contributed by atoms with van der Waals surface area (Å²) < 4.78 is 84.1. The number of nitrogens with one attached hydrogen (secondary N) is 3. The third-order valence-electron chi connectivity index (χ3n) is 5.84. The summed E-state index contributed by atoms with van der Waals surface area (Å²) in [5, 5.41) is 12.4. The Balaban J connectivity index is 1.35. The smallest absolute Gasteiger partial charge is 0.337 e. The molecule has 1 aromatic heterocycles. The normalized spacial score (nSPS) is 11.8. The van der Waals surface area contributed by atoms with Crippen molar-refractivity contribution in [1.82, 2.24) is 5.16 Å². The number of urea groups is 1. The molecule has 0 atom stereocenters. The van der Waals surface area contributed by atoms with E-state index in [-0.39, 0.29) is 11.8 Å². The molecule has 0 bridgehead atoms. The van der Waals surface area contributed by atoms with Gasteiger partial charge in [0.15, 0.2) is 0 Å². The van der Waals surface area contributed by atoms with Crippen LogP contribution in [0, 0.1) is 0 Å². The summed E-state index contributed by atoms with van der Waals surface area (Å²) in [5.41, 5.74) is -0.559. The lowest BCUT2D eigenvalue weighted by atomic mass is 10.0. The van der Waals surface area contributed by atoms with Crippen molar-refractivity contribution in [2.24, 2.45) is 0 Å². The fraction of sp³-hybridized carbons (Fsp3) is 0.0714. The van der Waals surface area contributed by atoms with Crippen molar-refractivity contribution in [3.63, 3.8) is 0 Å². The minimum atomic E-state index is -5.03. The van der Waals surface area contributed by atoms with Gasteiger partial charge < -0.3 is 20.5 Å². The monoisotopic (exact) mass is 556 g/mol. The van der Waals surface area contributed by atoms with Crippen molar-refractivity contribution in [2.75, 3.05) is 16.0 Å². The molecule has 4 aromatic carbocycles. The third-order valence-corrected chi connectivity index (χ3v) is 5.84. The summed E-state index contributed by atoms with van der Waals surface area (Å²) >= 11 is 0. The maximum absolute atomic E-state index is 13.1. The first-order chi connectivity index (χ1) is 19.0. The van der Waals surface area contributed by atoms with Crippen molar-refractivity contribution < 1.29 is 35.7 Å². The SMILES string of the molecule is O=C(Nc1ccc(-c2cccc3noc(Nc4ccccc4)c23)cc1)Nc1cc(C(F)(F)F)cc(C(F)(F)F)c1. The minimum absolute atomic E-state index is 0.0152. The molecule has 40 heavy (non-hydrogen) atoms. The lowest BCUT2D eigenvalue weighted by Crippen LogP contribution is -2.20. The Labute approximate surface area is 222 Å². The van der Waals surface area contributed by atoms with Crippen LogP contribution in [0.25, 0.3) is 22.0 Å². The molecule has 0 aliphatic heterocycles. The zero-order valence-electron chi connectivity index (χ0n) is 20.2. The predicted molar refractivity (Wildman–Crippen MR) is 138 cm³/mol. The highest BCUT2D eigenvalue weighted by atomic mass is 19.4. The highest BCUT2D eigenvalue weighted by molar-refractivity contribution is 6.03. The van der Waals surface area contributed by atoms with Gasteiger partial charge >= 0.3 is 18.4 Å². The van der Waals surface area contributed by atoms with E-state index in [1.54, 1.807) is 36.4 Å². The fourth-order valence-corrected chi connectivity index (χ4v) is 4.03. The predicted octanol–water partition coefficient (Wildman–Crippen LogP) is 8.92. The Morgan fingerprint density at radius 1 is 0.675 bits per heavy atom. The van der Waals surface area contributed by atoms with E-state index >= 15 is 0 Å². The second-order valence-corrected chi connectivity index (χ2v) is 8.65. The van der Waals surface area contributed by atoms with Crippen molar-refractivity contribution in [2.45, 2.75) is 12.4 Å². The van der Waals surface area contributed by atoms with Gasteiger partial charge in [0.2, 0.25) is 5.88 Å². The molecule has 0 aliphatic carbocycles. The topological polar surface area (TPSA) is 79.2 Å². The Morgan fingerprint density at radius 2 is 1.30 bits per heavy atom. The zero-order valence-corrected chi connectivity index (χ0v) is 20.2. The van der Waals surface area contributed by atoms with Gasteiger partial charge in [-0.2, -0.15) is 26.3 Å². The molecule has 2 amide bonds. The van der Waals surface area contributed by atoms with Gasteiger partial charge in [-0.05, 0) is 59.7 Å². The van der Waals surface area contributed by atoms with Crippen LogP contribution >= 0.6 is 0 Å². The molecule has 5 rings (SSSR count). The first kappa shape index (κ1) is 26.6. The second-order valence-electron chi connectivity index (χ2n) is 8.65. The number of benzene rings is 4. The average molecular weight is 556 g/mol. The third kappa shape index (κ3) is 5.85. The largest absolute Gasteiger partial charge is 0.416 e. The molecule has 1 heterocycles. The van der Waals surface area contributed by atoms with Crippen LogP contribution < -0.4 is 16.0 Å². The van der Waals surface area contributed by atoms with Crippen molar-refractivity contribution in [1.29, 1.82) is 0 Å². The van der Waals surface area contributed by atoms with Gasteiger partial charge in [-0.25, -0.2) is 4.79 Å². The lowest BCUT2D eigenvalue weighted by molar-refractivity contribution is -0.143. The van der Waals surface area contributed by atoms with Crippen molar-refractivity contribution in [3.05, 3.63) is 102 Å².